The Morgan fingerprint density at radius 1 is 0.793 bits per heavy atom. The van der Waals surface area contributed by atoms with Crippen molar-refractivity contribution in [2.24, 2.45) is 0 Å². The van der Waals surface area contributed by atoms with Gasteiger partial charge in [-0.2, -0.15) is 0 Å². The summed E-state index contributed by atoms with van der Waals surface area (Å²) in [5.74, 6) is 0.667. The van der Waals surface area contributed by atoms with E-state index in [0.717, 1.165) is 24.0 Å². The Kier molecular flexibility index (Phi) is 10.2. The first-order chi connectivity index (χ1) is 13.5. The van der Waals surface area contributed by atoms with Gasteiger partial charge in [-0.15, -0.1) is 0 Å². The average molecular weight is 405 g/mol. The van der Waals surface area contributed by atoms with Gasteiger partial charge in [-0.1, -0.05) is 99.8 Å². The topological polar surface area (TPSA) is 46.5 Å². The monoisotopic (exact) mass is 404 g/mol. The number of ether oxygens (including phenoxy) is 1. The molecule has 0 aliphatic heterocycles. The third kappa shape index (κ3) is 9.23. The highest BCUT2D eigenvalue weighted by Crippen LogP contribution is 2.41. The van der Waals surface area contributed by atoms with E-state index in [9.17, 15) is 9.90 Å². The Labute approximate surface area is 179 Å². The van der Waals surface area contributed by atoms with Gasteiger partial charge >= 0.3 is 5.97 Å². The summed E-state index contributed by atoms with van der Waals surface area (Å²) in [5, 5.41) is 10.8. The van der Waals surface area contributed by atoms with E-state index < -0.39 is 0 Å². The predicted molar refractivity (Wildman–Crippen MR) is 123 cm³/mol. The van der Waals surface area contributed by atoms with Crippen LogP contribution < -0.4 is 4.74 Å². The third-order valence-corrected chi connectivity index (χ3v) is 5.42. The number of rotatable bonds is 11. The highest BCUT2D eigenvalue weighted by Gasteiger charge is 2.27. The molecule has 1 aromatic carbocycles. The number of hydrogen-bond donors (Lipinski definition) is 1. The van der Waals surface area contributed by atoms with Crippen molar-refractivity contribution in [1.82, 2.24) is 0 Å². The zero-order chi connectivity index (χ0) is 22.1. The van der Waals surface area contributed by atoms with Crippen LogP contribution in [0.3, 0.4) is 0 Å². The summed E-state index contributed by atoms with van der Waals surface area (Å²) in [6, 6.07) is 3.64. The number of benzene rings is 1. The molecular formula is C26H44O3. The van der Waals surface area contributed by atoms with Gasteiger partial charge in [0.2, 0.25) is 0 Å². The standard InChI is InChI=1S/C26H44O3/c1-8-9-10-11-12-13-14-15-16-17-23(27)29-20-18-21(25(2,3)4)24(28)22(19-20)26(5,6)7/h18-19,28H,8-17H2,1-7H3. The first-order valence-electron chi connectivity index (χ1n) is 11.6. The maximum Gasteiger partial charge on any atom is 0.311 e. The number of phenols is 1. The van der Waals surface area contributed by atoms with Crippen molar-refractivity contribution >= 4 is 5.97 Å². The van der Waals surface area contributed by atoms with Crippen LogP contribution in [0.15, 0.2) is 12.1 Å². The fraction of sp³-hybridized carbons (Fsp3) is 0.731. The normalized spacial score (nSPS) is 12.2. The quantitative estimate of drug-likeness (QED) is 0.232. The maximum absolute atomic E-state index is 12.3. The molecule has 0 spiro atoms. The zero-order valence-electron chi connectivity index (χ0n) is 20.0. The smallest absolute Gasteiger partial charge is 0.311 e. The maximum atomic E-state index is 12.3. The molecule has 29 heavy (non-hydrogen) atoms. The van der Waals surface area contributed by atoms with Crippen LogP contribution >= 0.6 is 0 Å². The van der Waals surface area contributed by atoms with Crippen molar-refractivity contribution in [3.63, 3.8) is 0 Å². The Morgan fingerprint density at radius 2 is 1.21 bits per heavy atom. The van der Waals surface area contributed by atoms with E-state index in [1.807, 2.05) is 12.1 Å². The molecule has 0 radical (unpaired) electrons. The van der Waals surface area contributed by atoms with E-state index in [1.54, 1.807) is 0 Å². The van der Waals surface area contributed by atoms with Crippen LogP contribution in [0, 0.1) is 0 Å². The molecule has 0 saturated carbocycles. The van der Waals surface area contributed by atoms with Crippen LogP contribution in [-0.2, 0) is 15.6 Å². The molecule has 0 fully saturated rings. The van der Waals surface area contributed by atoms with Gasteiger partial charge in [0.25, 0.3) is 0 Å². The van der Waals surface area contributed by atoms with Gasteiger partial charge in [0.05, 0.1) is 0 Å². The van der Waals surface area contributed by atoms with Crippen LogP contribution in [0.5, 0.6) is 11.5 Å². The number of carbonyl (C=O) groups is 1. The van der Waals surface area contributed by atoms with Gasteiger partial charge in [0.15, 0.2) is 0 Å². The molecule has 0 bridgehead atoms. The van der Waals surface area contributed by atoms with E-state index in [2.05, 4.69) is 48.5 Å². The Balaban J connectivity index is 2.59. The van der Waals surface area contributed by atoms with E-state index in [0.29, 0.717) is 17.9 Å². The predicted octanol–water partition coefficient (Wildman–Crippen LogP) is 7.81. The first-order valence-corrected chi connectivity index (χ1v) is 11.6. The molecule has 0 unspecified atom stereocenters. The van der Waals surface area contributed by atoms with Crippen LogP contribution in [0.2, 0.25) is 0 Å². The van der Waals surface area contributed by atoms with Gasteiger partial charge in [0, 0.05) is 17.5 Å². The first kappa shape index (κ1) is 25.5. The summed E-state index contributed by atoms with van der Waals surface area (Å²) in [6.45, 7) is 14.6. The molecule has 0 amide bonds. The molecule has 3 heteroatoms. The largest absolute Gasteiger partial charge is 0.507 e. The minimum atomic E-state index is -0.233. The van der Waals surface area contributed by atoms with E-state index in [-0.39, 0.29) is 16.8 Å². The van der Waals surface area contributed by atoms with E-state index >= 15 is 0 Å². The summed E-state index contributed by atoms with van der Waals surface area (Å²) in [6.07, 6.45) is 11.5. The van der Waals surface area contributed by atoms with E-state index in [1.165, 1.54) is 44.9 Å². The molecule has 0 aromatic heterocycles. The van der Waals surface area contributed by atoms with Crippen LogP contribution in [0.1, 0.15) is 124 Å². The summed E-state index contributed by atoms with van der Waals surface area (Å²) >= 11 is 0. The molecule has 0 heterocycles. The molecule has 0 saturated heterocycles. The van der Waals surface area contributed by atoms with Crippen molar-refractivity contribution in [2.75, 3.05) is 0 Å². The lowest BCUT2D eigenvalue weighted by molar-refractivity contribution is -0.134. The number of unbranched alkanes of at least 4 members (excludes halogenated alkanes) is 8. The van der Waals surface area contributed by atoms with Crippen LogP contribution in [0.25, 0.3) is 0 Å². The van der Waals surface area contributed by atoms with Crippen molar-refractivity contribution in [3.05, 3.63) is 23.3 Å². The number of aromatic hydroxyl groups is 1. The minimum Gasteiger partial charge on any atom is -0.507 e. The molecular weight excluding hydrogens is 360 g/mol. The summed E-state index contributed by atoms with van der Waals surface area (Å²) in [4.78, 5) is 12.3. The highest BCUT2D eigenvalue weighted by molar-refractivity contribution is 5.72. The molecule has 0 aliphatic rings. The zero-order valence-corrected chi connectivity index (χ0v) is 20.0. The fourth-order valence-corrected chi connectivity index (χ4v) is 3.57. The summed E-state index contributed by atoms with van der Waals surface area (Å²) in [5.41, 5.74) is 1.17. The van der Waals surface area contributed by atoms with Gasteiger partial charge in [-0.05, 0) is 29.4 Å². The molecule has 0 atom stereocenters. The summed E-state index contributed by atoms with van der Waals surface area (Å²) < 4.78 is 5.66. The van der Waals surface area contributed by atoms with Crippen molar-refractivity contribution in [2.45, 2.75) is 124 Å². The lowest BCUT2D eigenvalue weighted by Crippen LogP contribution is -2.18. The SMILES string of the molecule is CCCCCCCCCCCC(=O)Oc1cc(C(C)(C)C)c(O)c(C(C)(C)C)c1. The van der Waals surface area contributed by atoms with Crippen molar-refractivity contribution in [1.29, 1.82) is 0 Å². The Hall–Kier alpha value is -1.51. The lowest BCUT2D eigenvalue weighted by Gasteiger charge is -2.27. The second-order valence-corrected chi connectivity index (χ2v) is 10.4. The second kappa shape index (κ2) is 11.6. The molecule has 1 N–H and O–H groups in total. The number of phenolic OH excluding ortho intramolecular Hbond substituents is 1. The van der Waals surface area contributed by atoms with Crippen LogP contribution in [-0.4, -0.2) is 11.1 Å². The fourth-order valence-electron chi connectivity index (χ4n) is 3.57. The van der Waals surface area contributed by atoms with Gasteiger partial charge in [-0.25, -0.2) is 0 Å². The minimum absolute atomic E-state index is 0.182. The van der Waals surface area contributed by atoms with Crippen molar-refractivity contribution in [3.8, 4) is 11.5 Å². The third-order valence-electron chi connectivity index (χ3n) is 5.42. The average Bonchev–Trinajstić information content (AvgIpc) is 2.59. The molecule has 3 nitrogen and oxygen atoms in total. The molecule has 166 valence electrons. The Bertz CT molecular complexity index is 597. The van der Waals surface area contributed by atoms with Gasteiger partial charge in [0.1, 0.15) is 11.5 Å². The van der Waals surface area contributed by atoms with Gasteiger partial charge < -0.3 is 9.84 Å². The molecule has 1 rings (SSSR count). The summed E-state index contributed by atoms with van der Waals surface area (Å²) in [7, 11) is 0. The molecule has 1 aromatic rings. The lowest BCUT2D eigenvalue weighted by atomic mass is 9.79. The Morgan fingerprint density at radius 3 is 1.62 bits per heavy atom. The second-order valence-electron chi connectivity index (χ2n) is 10.4. The number of esters is 1. The number of hydrogen-bond acceptors (Lipinski definition) is 3. The van der Waals surface area contributed by atoms with Crippen LogP contribution in [0.4, 0.5) is 0 Å². The van der Waals surface area contributed by atoms with E-state index in [4.69, 9.17) is 4.74 Å². The molecule has 0 aliphatic carbocycles. The van der Waals surface area contributed by atoms with Gasteiger partial charge in [-0.3, -0.25) is 4.79 Å². The van der Waals surface area contributed by atoms with Crippen molar-refractivity contribution < 1.29 is 14.6 Å². The number of carbonyl (C=O) groups excluding carboxylic acids is 1. The highest BCUT2D eigenvalue weighted by atomic mass is 16.5.